The van der Waals surface area contributed by atoms with Crippen LogP contribution in [0.5, 0.6) is 11.5 Å². The molecule has 0 fully saturated rings. The van der Waals surface area contributed by atoms with E-state index in [0.717, 1.165) is 0 Å². The summed E-state index contributed by atoms with van der Waals surface area (Å²) in [5, 5.41) is 18.6. The lowest BCUT2D eigenvalue weighted by Gasteiger charge is -2.11. The number of carboxylic acids is 1. The summed E-state index contributed by atoms with van der Waals surface area (Å²) in [7, 11) is 0. The third-order valence-electron chi connectivity index (χ3n) is 2.33. The Morgan fingerprint density at radius 3 is 2.75 bits per heavy atom. The number of hydrogen-bond donors (Lipinski definition) is 2. The maximum Gasteiger partial charge on any atom is 0.306 e. The van der Waals surface area contributed by atoms with Gasteiger partial charge in [-0.1, -0.05) is 19.1 Å². The van der Waals surface area contributed by atoms with Crippen molar-refractivity contribution in [3.63, 3.8) is 0 Å². The van der Waals surface area contributed by atoms with Gasteiger partial charge in [-0.15, -0.1) is 0 Å². The maximum absolute atomic E-state index is 10.7. The molecule has 0 heterocycles. The topological polar surface area (TPSA) is 66.8 Å². The second-order valence-corrected chi connectivity index (χ2v) is 3.64. The maximum atomic E-state index is 10.7. The first-order chi connectivity index (χ1) is 7.56. The Hall–Kier alpha value is -1.71. The van der Waals surface area contributed by atoms with Crippen molar-refractivity contribution in [3.05, 3.63) is 23.8 Å². The Labute approximate surface area is 94.5 Å². The van der Waals surface area contributed by atoms with Crippen molar-refractivity contribution in [1.82, 2.24) is 0 Å². The van der Waals surface area contributed by atoms with E-state index in [9.17, 15) is 9.90 Å². The molecule has 0 spiro atoms. The molecule has 0 saturated carbocycles. The number of phenols is 1. The van der Waals surface area contributed by atoms with Crippen LogP contribution in [-0.4, -0.2) is 22.8 Å². The standard InChI is InChI=1S/C12H16O4/c1-3-16-10-6-4-5-9(11(10)13)7-8(2)12(14)15/h4-6,8,13H,3,7H2,1-2H3,(H,14,15). The van der Waals surface area contributed by atoms with Crippen LogP contribution in [0.25, 0.3) is 0 Å². The van der Waals surface area contributed by atoms with Crippen molar-refractivity contribution in [3.8, 4) is 11.5 Å². The summed E-state index contributed by atoms with van der Waals surface area (Å²) in [6.07, 6.45) is 0.294. The zero-order valence-corrected chi connectivity index (χ0v) is 9.43. The fourth-order valence-electron chi connectivity index (χ4n) is 1.42. The number of carboxylic acid groups (broad SMARTS) is 1. The van der Waals surface area contributed by atoms with Crippen LogP contribution in [0.3, 0.4) is 0 Å². The van der Waals surface area contributed by atoms with E-state index in [2.05, 4.69) is 0 Å². The molecule has 0 aliphatic heterocycles. The number of ether oxygens (including phenoxy) is 1. The Bertz CT molecular complexity index is 373. The van der Waals surface area contributed by atoms with Gasteiger partial charge < -0.3 is 14.9 Å². The molecule has 1 rings (SSSR count). The normalized spacial score (nSPS) is 12.1. The number of hydrogen-bond acceptors (Lipinski definition) is 3. The molecule has 4 nitrogen and oxygen atoms in total. The molecular formula is C12H16O4. The van der Waals surface area contributed by atoms with Crippen molar-refractivity contribution in [2.75, 3.05) is 6.61 Å². The first kappa shape index (κ1) is 12.4. The second-order valence-electron chi connectivity index (χ2n) is 3.64. The van der Waals surface area contributed by atoms with Gasteiger partial charge in [-0.05, 0) is 25.0 Å². The van der Waals surface area contributed by atoms with Crippen LogP contribution in [0, 0.1) is 5.92 Å². The molecule has 1 aromatic carbocycles. The first-order valence-corrected chi connectivity index (χ1v) is 5.22. The average Bonchev–Trinajstić information content (AvgIpc) is 2.24. The number of aromatic hydroxyl groups is 1. The summed E-state index contributed by atoms with van der Waals surface area (Å²) in [4.78, 5) is 10.7. The van der Waals surface area contributed by atoms with Crippen LogP contribution in [0.4, 0.5) is 0 Å². The molecule has 0 aromatic heterocycles. The fourth-order valence-corrected chi connectivity index (χ4v) is 1.42. The summed E-state index contributed by atoms with van der Waals surface area (Å²) in [6, 6.07) is 5.11. The number of para-hydroxylation sites is 1. The van der Waals surface area contributed by atoms with E-state index in [1.807, 2.05) is 6.92 Å². The molecule has 0 aliphatic carbocycles. The van der Waals surface area contributed by atoms with E-state index in [0.29, 0.717) is 24.3 Å². The summed E-state index contributed by atoms with van der Waals surface area (Å²) < 4.78 is 5.22. The van der Waals surface area contributed by atoms with Gasteiger partial charge in [0.05, 0.1) is 12.5 Å². The largest absolute Gasteiger partial charge is 0.504 e. The van der Waals surface area contributed by atoms with Crippen LogP contribution >= 0.6 is 0 Å². The highest BCUT2D eigenvalue weighted by Crippen LogP contribution is 2.31. The van der Waals surface area contributed by atoms with Gasteiger partial charge in [0.2, 0.25) is 0 Å². The van der Waals surface area contributed by atoms with Crippen LogP contribution < -0.4 is 4.74 Å². The van der Waals surface area contributed by atoms with Gasteiger partial charge in [0.1, 0.15) is 0 Å². The minimum atomic E-state index is -0.874. The highest BCUT2D eigenvalue weighted by Gasteiger charge is 2.15. The lowest BCUT2D eigenvalue weighted by Crippen LogP contribution is -2.12. The number of rotatable bonds is 5. The number of benzene rings is 1. The Morgan fingerprint density at radius 2 is 2.19 bits per heavy atom. The van der Waals surface area contributed by atoms with Crippen molar-refractivity contribution in [1.29, 1.82) is 0 Å². The average molecular weight is 224 g/mol. The van der Waals surface area contributed by atoms with E-state index in [-0.39, 0.29) is 5.75 Å². The predicted octanol–water partition coefficient (Wildman–Crippen LogP) is 2.05. The molecule has 1 atom stereocenters. The van der Waals surface area contributed by atoms with Gasteiger partial charge in [-0.2, -0.15) is 0 Å². The zero-order chi connectivity index (χ0) is 12.1. The Morgan fingerprint density at radius 1 is 1.50 bits per heavy atom. The van der Waals surface area contributed by atoms with Crippen molar-refractivity contribution >= 4 is 5.97 Å². The van der Waals surface area contributed by atoms with E-state index in [1.165, 1.54) is 0 Å². The van der Waals surface area contributed by atoms with Gasteiger partial charge in [0.25, 0.3) is 0 Å². The van der Waals surface area contributed by atoms with Crippen molar-refractivity contribution in [2.45, 2.75) is 20.3 Å². The second kappa shape index (κ2) is 5.39. The number of carbonyl (C=O) groups is 1. The molecule has 1 unspecified atom stereocenters. The molecule has 4 heteroatoms. The molecule has 16 heavy (non-hydrogen) atoms. The van der Waals surface area contributed by atoms with E-state index >= 15 is 0 Å². The molecule has 1 aromatic rings. The molecule has 0 aliphatic rings. The highest BCUT2D eigenvalue weighted by molar-refractivity contribution is 5.70. The van der Waals surface area contributed by atoms with E-state index < -0.39 is 11.9 Å². The Balaban J connectivity index is 2.88. The summed E-state index contributed by atoms with van der Waals surface area (Å²) in [6.45, 7) is 3.90. The molecule has 0 bridgehead atoms. The number of aliphatic carboxylic acids is 1. The lowest BCUT2D eigenvalue weighted by atomic mass is 10.0. The van der Waals surface area contributed by atoms with Crippen LogP contribution in [0.2, 0.25) is 0 Å². The quantitative estimate of drug-likeness (QED) is 0.803. The summed E-state index contributed by atoms with van der Waals surface area (Å²) in [5.41, 5.74) is 0.598. The first-order valence-electron chi connectivity index (χ1n) is 5.22. The van der Waals surface area contributed by atoms with E-state index in [4.69, 9.17) is 9.84 Å². The van der Waals surface area contributed by atoms with E-state index in [1.54, 1.807) is 25.1 Å². The fraction of sp³-hybridized carbons (Fsp3) is 0.417. The van der Waals surface area contributed by atoms with Gasteiger partial charge in [-0.25, -0.2) is 0 Å². The summed E-state index contributed by atoms with van der Waals surface area (Å²) >= 11 is 0. The minimum Gasteiger partial charge on any atom is -0.504 e. The SMILES string of the molecule is CCOc1cccc(CC(C)C(=O)O)c1O. The monoisotopic (exact) mass is 224 g/mol. The lowest BCUT2D eigenvalue weighted by molar-refractivity contribution is -0.141. The molecule has 0 saturated heterocycles. The molecular weight excluding hydrogens is 208 g/mol. The zero-order valence-electron chi connectivity index (χ0n) is 9.43. The van der Waals surface area contributed by atoms with Gasteiger partial charge >= 0.3 is 5.97 Å². The third kappa shape index (κ3) is 2.89. The van der Waals surface area contributed by atoms with Gasteiger partial charge in [-0.3, -0.25) is 4.79 Å². The predicted molar refractivity (Wildman–Crippen MR) is 59.8 cm³/mol. The minimum absolute atomic E-state index is 0.0393. The summed E-state index contributed by atoms with van der Waals surface area (Å²) in [5.74, 6) is -0.959. The van der Waals surface area contributed by atoms with Crippen molar-refractivity contribution < 1.29 is 19.7 Å². The van der Waals surface area contributed by atoms with Crippen LogP contribution in [0.15, 0.2) is 18.2 Å². The third-order valence-corrected chi connectivity index (χ3v) is 2.33. The smallest absolute Gasteiger partial charge is 0.306 e. The van der Waals surface area contributed by atoms with Gasteiger partial charge in [0, 0.05) is 0 Å². The van der Waals surface area contributed by atoms with Crippen LogP contribution in [0.1, 0.15) is 19.4 Å². The molecule has 88 valence electrons. The van der Waals surface area contributed by atoms with Crippen molar-refractivity contribution in [2.24, 2.45) is 5.92 Å². The Kier molecular flexibility index (Phi) is 4.17. The molecule has 0 radical (unpaired) electrons. The molecule has 0 amide bonds. The highest BCUT2D eigenvalue weighted by atomic mass is 16.5. The number of phenolic OH excluding ortho intramolecular Hbond substituents is 1. The molecule has 2 N–H and O–H groups in total. The van der Waals surface area contributed by atoms with Crippen LogP contribution in [-0.2, 0) is 11.2 Å². The van der Waals surface area contributed by atoms with Gasteiger partial charge in [0.15, 0.2) is 11.5 Å².